The lowest BCUT2D eigenvalue weighted by Gasteiger charge is -2.36. The van der Waals surface area contributed by atoms with Gasteiger partial charge in [-0.25, -0.2) is 5.14 Å². The molecule has 1 saturated heterocycles. The van der Waals surface area contributed by atoms with Crippen molar-refractivity contribution in [2.45, 2.75) is 6.42 Å². The Morgan fingerprint density at radius 2 is 1.74 bits per heavy atom. The predicted octanol–water partition coefficient (Wildman–Crippen LogP) is 0.382. The van der Waals surface area contributed by atoms with Crippen LogP contribution in [0.1, 0.15) is 5.56 Å². The molecule has 6 nitrogen and oxygen atoms in total. The first-order valence-electron chi connectivity index (χ1n) is 5.92. The molecule has 0 aromatic heterocycles. The third-order valence-corrected chi connectivity index (χ3v) is 4.24. The summed E-state index contributed by atoms with van der Waals surface area (Å²) in [4.78, 5) is 0. The van der Waals surface area contributed by atoms with Gasteiger partial charge in [-0.2, -0.15) is 12.7 Å². The number of rotatable bonds is 5. The Bertz CT molecular complexity index is 531. The molecule has 2 N–H and O–H groups in total. The number of ether oxygens (including phenoxy) is 2. The first kappa shape index (κ1) is 14.1. The minimum atomic E-state index is -3.53. The van der Waals surface area contributed by atoms with Crippen LogP contribution < -0.4 is 14.6 Å². The van der Waals surface area contributed by atoms with Crippen LogP contribution in [0.5, 0.6) is 11.5 Å². The average Bonchev–Trinajstić information content (AvgIpc) is 2.31. The van der Waals surface area contributed by atoms with Crippen LogP contribution >= 0.6 is 0 Å². The minimum absolute atomic E-state index is 0.287. The lowest BCUT2D eigenvalue weighted by Crippen LogP contribution is -2.53. The molecular formula is C12H18N2O4S. The molecule has 1 fully saturated rings. The number of nitrogens with two attached hydrogens (primary N) is 1. The molecule has 0 atom stereocenters. The topological polar surface area (TPSA) is 81.9 Å². The second-order valence-electron chi connectivity index (χ2n) is 4.65. The summed E-state index contributed by atoms with van der Waals surface area (Å²) >= 11 is 0. The Labute approximate surface area is 113 Å². The predicted molar refractivity (Wildman–Crippen MR) is 71.4 cm³/mol. The van der Waals surface area contributed by atoms with E-state index < -0.39 is 10.2 Å². The average molecular weight is 286 g/mol. The van der Waals surface area contributed by atoms with Crippen molar-refractivity contribution in [3.63, 3.8) is 0 Å². The molecule has 106 valence electrons. The van der Waals surface area contributed by atoms with Crippen molar-refractivity contribution in [2.24, 2.45) is 11.1 Å². The van der Waals surface area contributed by atoms with Gasteiger partial charge in [-0.3, -0.25) is 0 Å². The first-order valence-corrected chi connectivity index (χ1v) is 7.42. The normalized spacial score (nSPS) is 17.0. The maximum Gasteiger partial charge on any atom is 0.276 e. The minimum Gasteiger partial charge on any atom is -0.497 e. The van der Waals surface area contributed by atoms with Gasteiger partial charge in [0.2, 0.25) is 0 Å². The highest BCUT2D eigenvalue weighted by molar-refractivity contribution is 7.86. The quantitative estimate of drug-likeness (QED) is 0.848. The van der Waals surface area contributed by atoms with Gasteiger partial charge < -0.3 is 9.47 Å². The molecule has 1 aromatic rings. The molecule has 1 aliphatic heterocycles. The Morgan fingerprint density at radius 3 is 2.16 bits per heavy atom. The van der Waals surface area contributed by atoms with Crippen LogP contribution in [0.2, 0.25) is 0 Å². The second kappa shape index (κ2) is 5.36. The van der Waals surface area contributed by atoms with E-state index in [4.69, 9.17) is 14.6 Å². The van der Waals surface area contributed by atoms with Crippen LogP contribution in [-0.4, -0.2) is 40.0 Å². The van der Waals surface area contributed by atoms with Crippen molar-refractivity contribution in [3.8, 4) is 11.5 Å². The summed E-state index contributed by atoms with van der Waals surface area (Å²) in [6.45, 7) is 0.941. The van der Waals surface area contributed by atoms with Crippen molar-refractivity contribution < 1.29 is 17.9 Å². The highest BCUT2D eigenvalue weighted by Gasteiger charge is 2.33. The zero-order valence-electron chi connectivity index (χ0n) is 11.0. The van der Waals surface area contributed by atoms with Crippen molar-refractivity contribution in [3.05, 3.63) is 23.8 Å². The first-order chi connectivity index (χ1) is 8.92. The van der Waals surface area contributed by atoms with Gasteiger partial charge in [-0.05, 0) is 30.0 Å². The molecule has 0 saturated carbocycles. The zero-order chi connectivity index (χ0) is 14.0. The van der Waals surface area contributed by atoms with Crippen LogP contribution in [0, 0.1) is 5.92 Å². The van der Waals surface area contributed by atoms with Gasteiger partial charge in [0.25, 0.3) is 10.2 Å². The zero-order valence-corrected chi connectivity index (χ0v) is 11.8. The summed E-state index contributed by atoms with van der Waals surface area (Å²) in [7, 11) is -0.329. The number of benzene rings is 1. The Kier molecular flexibility index (Phi) is 3.98. The standard InChI is InChI=1S/C12H18N2O4S/c1-17-11-4-9(5-12(6-11)18-2)3-10-7-14(8-10)19(13,15)16/h4-6,10H,3,7-8H2,1-2H3,(H2,13,15,16). The molecule has 0 amide bonds. The molecular weight excluding hydrogens is 268 g/mol. The van der Waals surface area contributed by atoms with Crippen LogP contribution in [-0.2, 0) is 16.6 Å². The largest absolute Gasteiger partial charge is 0.497 e. The molecule has 0 radical (unpaired) electrons. The maximum atomic E-state index is 11.1. The van der Waals surface area contributed by atoms with Crippen molar-refractivity contribution in [2.75, 3.05) is 27.3 Å². The Balaban J connectivity index is 2.01. The molecule has 7 heteroatoms. The molecule has 2 rings (SSSR count). The number of hydrogen-bond donors (Lipinski definition) is 1. The number of hydrogen-bond acceptors (Lipinski definition) is 4. The van der Waals surface area contributed by atoms with E-state index >= 15 is 0 Å². The molecule has 0 unspecified atom stereocenters. The second-order valence-corrected chi connectivity index (χ2v) is 6.20. The van der Waals surface area contributed by atoms with Crippen molar-refractivity contribution >= 4 is 10.2 Å². The van der Waals surface area contributed by atoms with E-state index in [1.54, 1.807) is 20.3 Å². The van der Waals surface area contributed by atoms with Gasteiger partial charge >= 0.3 is 0 Å². The molecule has 0 bridgehead atoms. The van der Waals surface area contributed by atoms with Gasteiger partial charge in [0, 0.05) is 19.2 Å². The lowest BCUT2D eigenvalue weighted by molar-refractivity contribution is 0.200. The maximum absolute atomic E-state index is 11.1. The van der Waals surface area contributed by atoms with E-state index in [0.29, 0.717) is 13.1 Å². The smallest absolute Gasteiger partial charge is 0.276 e. The number of methoxy groups -OCH3 is 2. The fourth-order valence-electron chi connectivity index (χ4n) is 2.18. The summed E-state index contributed by atoms with van der Waals surface area (Å²) in [5.41, 5.74) is 1.07. The highest BCUT2D eigenvalue weighted by atomic mass is 32.2. The van der Waals surface area contributed by atoms with Crippen molar-refractivity contribution in [1.29, 1.82) is 0 Å². The highest BCUT2D eigenvalue weighted by Crippen LogP contribution is 2.27. The van der Waals surface area contributed by atoms with Crippen LogP contribution in [0.3, 0.4) is 0 Å². The molecule has 0 spiro atoms. The van der Waals surface area contributed by atoms with Gasteiger partial charge in [0.1, 0.15) is 11.5 Å². The SMILES string of the molecule is COc1cc(CC2CN(S(N)(=O)=O)C2)cc(OC)c1. The number of nitrogens with zero attached hydrogens (tertiary/aromatic N) is 1. The molecule has 0 aliphatic carbocycles. The van der Waals surface area contributed by atoms with E-state index in [-0.39, 0.29) is 5.92 Å². The Hall–Kier alpha value is -1.31. The summed E-state index contributed by atoms with van der Waals surface area (Å²) in [5, 5.41) is 5.05. The lowest BCUT2D eigenvalue weighted by atomic mass is 9.94. The van der Waals surface area contributed by atoms with Gasteiger partial charge in [0.05, 0.1) is 14.2 Å². The summed E-state index contributed by atoms with van der Waals surface area (Å²) in [6.07, 6.45) is 0.777. The third-order valence-electron chi connectivity index (χ3n) is 3.22. The van der Waals surface area contributed by atoms with Crippen molar-refractivity contribution in [1.82, 2.24) is 4.31 Å². The van der Waals surface area contributed by atoms with Gasteiger partial charge in [-0.1, -0.05) is 0 Å². The fraction of sp³-hybridized carbons (Fsp3) is 0.500. The Morgan fingerprint density at radius 1 is 1.21 bits per heavy atom. The fourth-order valence-corrected chi connectivity index (χ4v) is 3.01. The van der Waals surface area contributed by atoms with E-state index in [1.165, 1.54) is 4.31 Å². The monoisotopic (exact) mass is 286 g/mol. The van der Waals surface area contributed by atoms with E-state index in [1.807, 2.05) is 12.1 Å². The molecule has 1 aliphatic rings. The molecule has 1 heterocycles. The van der Waals surface area contributed by atoms with E-state index in [2.05, 4.69) is 0 Å². The molecule has 1 aromatic carbocycles. The van der Waals surface area contributed by atoms with E-state index in [9.17, 15) is 8.42 Å². The molecule has 19 heavy (non-hydrogen) atoms. The van der Waals surface area contributed by atoms with Crippen LogP contribution in [0.25, 0.3) is 0 Å². The van der Waals surface area contributed by atoms with Crippen LogP contribution in [0.4, 0.5) is 0 Å². The summed E-state index contributed by atoms with van der Waals surface area (Å²) in [6, 6.07) is 5.67. The van der Waals surface area contributed by atoms with Gasteiger partial charge in [-0.15, -0.1) is 0 Å². The third kappa shape index (κ3) is 3.37. The summed E-state index contributed by atoms with van der Waals surface area (Å²) < 4.78 is 33.8. The summed E-state index contributed by atoms with van der Waals surface area (Å²) in [5.74, 6) is 1.75. The van der Waals surface area contributed by atoms with Gasteiger partial charge in [0.15, 0.2) is 0 Å². The van der Waals surface area contributed by atoms with E-state index in [0.717, 1.165) is 23.5 Å². The van der Waals surface area contributed by atoms with Crippen LogP contribution in [0.15, 0.2) is 18.2 Å².